The number of fused-ring (bicyclic) bond motifs is 1. The normalized spacial score (nSPS) is 20.9. The summed E-state index contributed by atoms with van der Waals surface area (Å²) in [5.41, 5.74) is 0. The van der Waals surface area contributed by atoms with Gasteiger partial charge in [0.25, 0.3) is 0 Å². The van der Waals surface area contributed by atoms with Gasteiger partial charge in [0.1, 0.15) is 11.1 Å². The molecular formula is C11H16N4O2S. The lowest BCUT2D eigenvalue weighted by molar-refractivity contribution is -0.0904. The van der Waals surface area contributed by atoms with Gasteiger partial charge in [-0.15, -0.1) is 10.2 Å². The molecule has 0 bridgehead atoms. The van der Waals surface area contributed by atoms with E-state index < -0.39 is 0 Å². The van der Waals surface area contributed by atoms with Gasteiger partial charge >= 0.3 is 0 Å². The third-order valence-electron chi connectivity index (χ3n) is 2.75. The van der Waals surface area contributed by atoms with Crippen LogP contribution in [0.2, 0.25) is 0 Å². The molecule has 3 rings (SSSR count). The largest absolute Gasteiger partial charge is 0.376 e. The molecule has 18 heavy (non-hydrogen) atoms. The van der Waals surface area contributed by atoms with Crippen LogP contribution in [0.1, 0.15) is 30.8 Å². The van der Waals surface area contributed by atoms with E-state index in [-0.39, 0.29) is 6.10 Å². The second-order valence-corrected chi connectivity index (χ2v) is 5.77. The first kappa shape index (κ1) is 12.0. The van der Waals surface area contributed by atoms with Crippen molar-refractivity contribution in [1.82, 2.24) is 19.8 Å². The van der Waals surface area contributed by atoms with E-state index in [9.17, 15) is 0 Å². The van der Waals surface area contributed by atoms with Crippen LogP contribution in [0.3, 0.4) is 0 Å². The molecule has 2 aromatic heterocycles. The zero-order valence-corrected chi connectivity index (χ0v) is 11.3. The summed E-state index contributed by atoms with van der Waals surface area (Å²) in [7, 11) is 0. The number of ether oxygens (including phenoxy) is 2. The summed E-state index contributed by atoms with van der Waals surface area (Å²) in [4.78, 5) is 0.829. The van der Waals surface area contributed by atoms with E-state index in [0.717, 1.165) is 22.2 Å². The summed E-state index contributed by atoms with van der Waals surface area (Å²) >= 11 is 1.52. The topological polar surface area (TPSA) is 61.5 Å². The molecule has 7 heteroatoms. The molecule has 1 aliphatic rings. The van der Waals surface area contributed by atoms with Crippen molar-refractivity contribution in [3.8, 4) is 0 Å². The summed E-state index contributed by atoms with van der Waals surface area (Å²) in [5, 5.41) is 13.8. The molecule has 0 amide bonds. The Morgan fingerprint density at radius 2 is 2.28 bits per heavy atom. The molecule has 0 aromatic carbocycles. The molecular weight excluding hydrogens is 252 g/mol. The summed E-state index contributed by atoms with van der Waals surface area (Å²) in [5.74, 6) is 1.45. The average molecular weight is 268 g/mol. The van der Waals surface area contributed by atoms with Gasteiger partial charge in [-0.25, -0.2) is 0 Å². The maximum absolute atomic E-state index is 5.65. The van der Waals surface area contributed by atoms with E-state index in [0.29, 0.717) is 25.7 Å². The van der Waals surface area contributed by atoms with Crippen LogP contribution in [0.5, 0.6) is 0 Å². The summed E-state index contributed by atoms with van der Waals surface area (Å²) in [6.07, 6.45) is 0.823. The molecule has 1 atom stereocenters. The average Bonchev–Trinajstić information content (AvgIpc) is 2.92. The number of aromatic nitrogens is 4. The fourth-order valence-corrected chi connectivity index (χ4v) is 2.82. The first-order valence-corrected chi connectivity index (χ1v) is 6.96. The third-order valence-corrected chi connectivity index (χ3v) is 3.74. The Morgan fingerprint density at radius 1 is 1.39 bits per heavy atom. The Labute approximate surface area is 109 Å². The molecule has 0 N–H and O–H groups in total. The molecule has 0 aliphatic carbocycles. The first-order chi connectivity index (χ1) is 8.74. The molecule has 1 aliphatic heterocycles. The molecule has 1 fully saturated rings. The van der Waals surface area contributed by atoms with E-state index in [1.807, 2.05) is 4.52 Å². The highest BCUT2D eigenvalue weighted by atomic mass is 32.1. The van der Waals surface area contributed by atoms with Crippen molar-refractivity contribution in [2.75, 3.05) is 19.8 Å². The van der Waals surface area contributed by atoms with E-state index in [4.69, 9.17) is 9.47 Å². The van der Waals surface area contributed by atoms with Crippen LogP contribution in [-0.4, -0.2) is 39.6 Å². The zero-order chi connectivity index (χ0) is 12.5. The minimum absolute atomic E-state index is 0.0580. The second-order valence-electron chi connectivity index (χ2n) is 4.78. The van der Waals surface area contributed by atoms with E-state index in [1.54, 1.807) is 0 Å². The highest BCUT2D eigenvalue weighted by Gasteiger charge is 2.22. The fourth-order valence-electron chi connectivity index (χ4n) is 1.93. The van der Waals surface area contributed by atoms with Crippen molar-refractivity contribution >= 4 is 16.3 Å². The molecule has 0 radical (unpaired) electrons. The molecule has 6 nitrogen and oxygen atoms in total. The van der Waals surface area contributed by atoms with Crippen LogP contribution in [0.15, 0.2) is 0 Å². The van der Waals surface area contributed by atoms with Crippen LogP contribution in [0.4, 0.5) is 0 Å². The Bertz CT molecular complexity index is 530. The Balaban J connectivity index is 1.88. The minimum Gasteiger partial charge on any atom is -0.376 e. The smallest absolute Gasteiger partial charge is 0.234 e. The number of hydrogen-bond acceptors (Lipinski definition) is 6. The van der Waals surface area contributed by atoms with Crippen molar-refractivity contribution < 1.29 is 9.47 Å². The lowest BCUT2D eigenvalue weighted by atomic mass is 10.1. The van der Waals surface area contributed by atoms with Crippen molar-refractivity contribution in [2.24, 2.45) is 5.92 Å². The van der Waals surface area contributed by atoms with E-state index in [1.165, 1.54) is 11.3 Å². The Hall–Kier alpha value is -1.05. The molecule has 0 saturated carbocycles. The highest BCUT2D eigenvalue weighted by Crippen LogP contribution is 2.25. The van der Waals surface area contributed by atoms with Gasteiger partial charge in [-0.05, 0) is 5.92 Å². The van der Waals surface area contributed by atoms with Gasteiger partial charge in [-0.2, -0.15) is 9.61 Å². The fraction of sp³-hybridized carbons (Fsp3) is 0.727. The number of nitrogens with zero attached hydrogens (tertiary/aromatic N) is 4. The molecule has 3 heterocycles. The van der Waals surface area contributed by atoms with Crippen molar-refractivity contribution in [3.63, 3.8) is 0 Å². The van der Waals surface area contributed by atoms with E-state index in [2.05, 4.69) is 29.1 Å². The van der Waals surface area contributed by atoms with Crippen LogP contribution in [-0.2, 0) is 15.9 Å². The monoisotopic (exact) mass is 268 g/mol. The van der Waals surface area contributed by atoms with Gasteiger partial charge in [0.15, 0.2) is 5.82 Å². The highest BCUT2D eigenvalue weighted by molar-refractivity contribution is 7.16. The van der Waals surface area contributed by atoms with Gasteiger partial charge in [0, 0.05) is 6.42 Å². The van der Waals surface area contributed by atoms with Crippen LogP contribution in [0.25, 0.3) is 4.96 Å². The lowest BCUT2D eigenvalue weighted by Gasteiger charge is -2.20. The zero-order valence-electron chi connectivity index (χ0n) is 10.5. The van der Waals surface area contributed by atoms with Gasteiger partial charge in [-0.1, -0.05) is 25.2 Å². The lowest BCUT2D eigenvalue weighted by Crippen LogP contribution is -2.22. The maximum atomic E-state index is 5.65. The van der Waals surface area contributed by atoms with Crippen molar-refractivity contribution in [1.29, 1.82) is 0 Å². The summed E-state index contributed by atoms with van der Waals surface area (Å²) < 4.78 is 12.9. The van der Waals surface area contributed by atoms with Gasteiger partial charge < -0.3 is 9.47 Å². The van der Waals surface area contributed by atoms with Crippen LogP contribution >= 0.6 is 11.3 Å². The molecule has 1 saturated heterocycles. The van der Waals surface area contributed by atoms with Gasteiger partial charge in [0.2, 0.25) is 4.96 Å². The molecule has 1 unspecified atom stereocenters. The summed E-state index contributed by atoms with van der Waals surface area (Å²) in [6, 6.07) is 0. The quantitative estimate of drug-likeness (QED) is 0.843. The number of hydrogen-bond donors (Lipinski definition) is 0. The Kier molecular flexibility index (Phi) is 3.27. The maximum Gasteiger partial charge on any atom is 0.234 e. The summed E-state index contributed by atoms with van der Waals surface area (Å²) in [6.45, 7) is 6.19. The van der Waals surface area contributed by atoms with Crippen LogP contribution < -0.4 is 0 Å². The Morgan fingerprint density at radius 3 is 3.00 bits per heavy atom. The number of rotatable bonds is 3. The molecule has 2 aromatic rings. The predicted molar refractivity (Wildman–Crippen MR) is 66.7 cm³/mol. The predicted octanol–water partition coefficient (Wildman–Crippen LogP) is 1.47. The third kappa shape index (κ3) is 2.25. The van der Waals surface area contributed by atoms with Crippen molar-refractivity contribution in [3.05, 3.63) is 10.8 Å². The molecule has 98 valence electrons. The van der Waals surface area contributed by atoms with Gasteiger partial charge in [0.05, 0.1) is 19.8 Å². The van der Waals surface area contributed by atoms with Gasteiger partial charge in [-0.3, -0.25) is 0 Å². The standard InChI is InChI=1S/C11H16N4O2S/c1-7(2)5-9-12-13-11-15(9)14-10(18-11)8-6-16-3-4-17-8/h7-8H,3-6H2,1-2H3. The van der Waals surface area contributed by atoms with Crippen molar-refractivity contribution in [2.45, 2.75) is 26.4 Å². The minimum atomic E-state index is -0.0580. The first-order valence-electron chi connectivity index (χ1n) is 6.14. The van der Waals surface area contributed by atoms with Crippen LogP contribution in [0, 0.1) is 5.92 Å². The SMILES string of the molecule is CC(C)Cc1nnc2sc(C3COCCO3)nn12. The second kappa shape index (κ2) is 4.91. The van der Waals surface area contributed by atoms with E-state index >= 15 is 0 Å². The molecule has 0 spiro atoms.